The van der Waals surface area contributed by atoms with Gasteiger partial charge in [0.05, 0.1) is 12.7 Å². The van der Waals surface area contributed by atoms with Gasteiger partial charge in [0.1, 0.15) is 0 Å². The first-order chi connectivity index (χ1) is 9.15. The Balaban J connectivity index is 2.26. The largest absolute Gasteiger partial charge is 0.491 e. The van der Waals surface area contributed by atoms with E-state index >= 15 is 0 Å². The van der Waals surface area contributed by atoms with Gasteiger partial charge < -0.3 is 9.84 Å². The Morgan fingerprint density at radius 1 is 1.16 bits per heavy atom. The third kappa shape index (κ3) is 6.06. The highest BCUT2D eigenvalue weighted by Gasteiger charge is 2.07. The van der Waals surface area contributed by atoms with Gasteiger partial charge in [-0.15, -0.1) is 0 Å². The minimum atomic E-state index is -0.651. The molecule has 0 amide bonds. The quantitative estimate of drug-likeness (QED) is 0.662. The molecule has 0 aliphatic carbocycles. The number of aliphatic hydroxyl groups is 1. The molecular weight excluding hydrogens is 243 g/mol. The topological polar surface area (TPSA) is 29.5 Å². The third-order valence-electron chi connectivity index (χ3n) is 3.19. The summed E-state index contributed by atoms with van der Waals surface area (Å²) in [4.78, 5) is 0. The number of rotatable bonds is 9. The molecule has 0 saturated heterocycles. The van der Waals surface area contributed by atoms with E-state index in [4.69, 9.17) is 4.74 Å². The number of benzene rings is 1. The highest BCUT2D eigenvalue weighted by atomic mass is 19.1. The first-order valence-corrected chi connectivity index (χ1v) is 7.25. The van der Waals surface area contributed by atoms with Crippen molar-refractivity contribution >= 4 is 0 Å². The van der Waals surface area contributed by atoms with Crippen molar-refractivity contribution in [3.63, 3.8) is 0 Å². The minimum absolute atomic E-state index is 0.276. The molecular formula is C16H25FO2. The molecule has 0 bridgehead atoms. The molecule has 0 radical (unpaired) electrons. The summed E-state index contributed by atoms with van der Waals surface area (Å²) in [6.07, 6.45) is 6.47. The first-order valence-electron chi connectivity index (χ1n) is 7.25. The number of aliphatic hydroxyl groups excluding tert-OH is 1. The van der Waals surface area contributed by atoms with Crippen molar-refractivity contribution in [2.45, 2.75) is 58.5 Å². The lowest BCUT2D eigenvalue weighted by Crippen LogP contribution is -2.00. The van der Waals surface area contributed by atoms with Crippen LogP contribution in [0.3, 0.4) is 0 Å². The Bertz CT molecular complexity index is 364. The number of halogens is 1. The van der Waals surface area contributed by atoms with Gasteiger partial charge in [-0.25, -0.2) is 4.39 Å². The van der Waals surface area contributed by atoms with Gasteiger partial charge in [-0.05, 0) is 31.0 Å². The highest BCUT2D eigenvalue weighted by molar-refractivity contribution is 5.30. The number of ether oxygens (including phenoxy) is 1. The third-order valence-corrected chi connectivity index (χ3v) is 3.19. The summed E-state index contributed by atoms with van der Waals surface area (Å²) in [5, 5.41) is 9.35. The number of hydrogen-bond donors (Lipinski definition) is 1. The van der Waals surface area contributed by atoms with Gasteiger partial charge in [0.15, 0.2) is 11.6 Å². The van der Waals surface area contributed by atoms with Crippen LogP contribution in [0.25, 0.3) is 0 Å². The average molecular weight is 268 g/mol. The van der Waals surface area contributed by atoms with Gasteiger partial charge in [-0.1, -0.05) is 45.1 Å². The van der Waals surface area contributed by atoms with Crippen LogP contribution in [0.1, 0.15) is 64.0 Å². The molecule has 0 aliphatic rings. The van der Waals surface area contributed by atoms with Crippen molar-refractivity contribution in [1.29, 1.82) is 0 Å². The van der Waals surface area contributed by atoms with Gasteiger partial charge in [0, 0.05) is 0 Å². The molecule has 2 nitrogen and oxygen atoms in total. The van der Waals surface area contributed by atoms with Gasteiger partial charge in [0.2, 0.25) is 0 Å². The molecule has 0 aromatic heterocycles. The van der Waals surface area contributed by atoms with Crippen molar-refractivity contribution in [2.24, 2.45) is 0 Å². The molecule has 0 aliphatic heterocycles. The minimum Gasteiger partial charge on any atom is -0.491 e. The maximum Gasteiger partial charge on any atom is 0.165 e. The van der Waals surface area contributed by atoms with Gasteiger partial charge >= 0.3 is 0 Å². The Labute approximate surface area is 115 Å². The fourth-order valence-corrected chi connectivity index (χ4v) is 1.96. The second-order valence-electron chi connectivity index (χ2n) is 4.98. The van der Waals surface area contributed by atoms with Crippen molar-refractivity contribution in [3.8, 4) is 5.75 Å². The monoisotopic (exact) mass is 268 g/mol. The standard InChI is InChI=1S/C16H25FO2/c1-3-4-5-6-7-8-11-19-16-10-9-14(13(2)18)12-15(16)17/h9-10,12-13,18H,3-8,11H2,1-2H3/t13-/m1/s1. The highest BCUT2D eigenvalue weighted by Crippen LogP contribution is 2.22. The van der Waals surface area contributed by atoms with Crippen LogP contribution in [0.5, 0.6) is 5.75 Å². The van der Waals surface area contributed by atoms with Crippen LogP contribution in [-0.4, -0.2) is 11.7 Å². The number of hydrogen-bond acceptors (Lipinski definition) is 2. The maximum absolute atomic E-state index is 13.7. The summed E-state index contributed by atoms with van der Waals surface area (Å²) < 4.78 is 19.1. The second-order valence-corrected chi connectivity index (χ2v) is 4.98. The van der Waals surface area contributed by atoms with E-state index in [1.807, 2.05) is 0 Å². The van der Waals surface area contributed by atoms with E-state index in [9.17, 15) is 9.50 Å². The lowest BCUT2D eigenvalue weighted by molar-refractivity contribution is 0.198. The van der Waals surface area contributed by atoms with Crippen molar-refractivity contribution in [1.82, 2.24) is 0 Å². The van der Waals surface area contributed by atoms with Crippen molar-refractivity contribution in [3.05, 3.63) is 29.6 Å². The van der Waals surface area contributed by atoms with E-state index in [1.165, 1.54) is 31.7 Å². The maximum atomic E-state index is 13.7. The van der Waals surface area contributed by atoms with Crippen LogP contribution in [-0.2, 0) is 0 Å². The Morgan fingerprint density at radius 3 is 2.47 bits per heavy atom. The van der Waals surface area contributed by atoms with Crippen LogP contribution in [0.4, 0.5) is 4.39 Å². The molecule has 1 rings (SSSR count). The smallest absolute Gasteiger partial charge is 0.165 e. The summed E-state index contributed by atoms with van der Waals surface area (Å²) >= 11 is 0. The average Bonchev–Trinajstić information content (AvgIpc) is 2.39. The zero-order chi connectivity index (χ0) is 14.1. The summed E-state index contributed by atoms with van der Waals surface area (Å²) in [6, 6.07) is 4.63. The van der Waals surface area contributed by atoms with Gasteiger partial charge in [-0.3, -0.25) is 0 Å². The summed E-state index contributed by atoms with van der Waals surface area (Å²) in [6.45, 7) is 4.37. The van der Waals surface area contributed by atoms with E-state index in [2.05, 4.69) is 6.92 Å². The van der Waals surface area contributed by atoms with Crippen LogP contribution < -0.4 is 4.74 Å². The summed E-state index contributed by atoms with van der Waals surface area (Å²) in [7, 11) is 0. The van der Waals surface area contributed by atoms with E-state index in [0.29, 0.717) is 12.2 Å². The second kappa shape index (κ2) is 8.92. The Hall–Kier alpha value is -1.09. The predicted octanol–water partition coefficient (Wildman–Crippen LogP) is 4.62. The van der Waals surface area contributed by atoms with Crippen molar-refractivity contribution in [2.75, 3.05) is 6.61 Å². The Kier molecular flexibility index (Phi) is 7.49. The van der Waals surface area contributed by atoms with E-state index in [0.717, 1.165) is 12.8 Å². The Morgan fingerprint density at radius 2 is 1.84 bits per heavy atom. The molecule has 0 unspecified atom stereocenters. The van der Waals surface area contributed by atoms with Crippen LogP contribution in [0.2, 0.25) is 0 Å². The molecule has 0 fully saturated rings. The molecule has 19 heavy (non-hydrogen) atoms. The predicted molar refractivity (Wildman–Crippen MR) is 75.9 cm³/mol. The summed E-state index contributed by atoms with van der Waals surface area (Å²) in [5.74, 6) is -0.123. The van der Waals surface area contributed by atoms with Gasteiger partial charge in [0.25, 0.3) is 0 Å². The van der Waals surface area contributed by atoms with Gasteiger partial charge in [-0.2, -0.15) is 0 Å². The van der Waals surface area contributed by atoms with Crippen molar-refractivity contribution < 1.29 is 14.2 Å². The van der Waals surface area contributed by atoms with E-state index < -0.39 is 11.9 Å². The zero-order valence-corrected chi connectivity index (χ0v) is 12.0. The van der Waals surface area contributed by atoms with Crippen LogP contribution in [0, 0.1) is 5.82 Å². The normalized spacial score (nSPS) is 12.4. The molecule has 1 N–H and O–H groups in total. The first kappa shape index (κ1) is 16.0. The fraction of sp³-hybridized carbons (Fsp3) is 0.625. The SMILES string of the molecule is CCCCCCCCOc1ccc([C@@H](C)O)cc1F. The molecule has 0 spiro atoms. The lowest BCUT2D eigenvalue weighted by Gasteiger charge is -2.10. The number of unbranched alkanes of at least 4 members (excludes halogenated alkanes) is 5. The lowest BCUT2D eigenvalue weighted by atomic mass is 10.1. The molecule has 1 aromatic rings. The molecule has 0 heterocycles. The van der Waals surface area contributed by atoms with E-state index in [-0.39, 0.29) is 5.75 Å². The molecule has 1 aromatic carbocycles. The van der Waals surface area contributed by atoms with Crippen LogP contribution >= 0.6 is 0 Å². The van der Waals surface area contributed by atoms with Crippen LogP contribution in [0.15, 0.2) is 18.2 Å². The zero-order valence-electron chi connectivity index (χ0n) is 12.0. The molecule has 108 valence electrons. The molecule has 3 heteroatoms. The molecule has 1 atom stereocenters. The summed E-state index contributed by atoms with van der Waals surface area (Å²) in [5.41, 5.74) is 0.574. The van der Waals surface area contributed by atoms with E-state index in [1.54, 1.807) is 19.1 Å². The molecule has 0 saturated carbocycles. The fourth-order valence-electron chi connectivity index (χ4n) is 1.96.